The number of anilines is 1. The summed E-state index contributed by atoms with van der Waals surface area (Å²) in [6.07, 6.45) is 7.48. The Balaban J connectivity index is 1.25. The Labute approximate surface area is 189 Å². The zero-order chi connectivity index (χ0) is 22.5. The highest BCUT2D eigenvalue weighted by molar-refractivity contribution is 5.85. The van der Waals surface area contributed by atoms with Crippen molar-refractivity contribution in [2.24, 2.45) is 13.0 Å². The summed E-state index contributed by atoms with van der Waals surface area (Å²) in [6, 6.07) is 5.24. The summed E-state index contributed by atoms with van der Waals surface area (Å²) < 4.78 is 16.0. The largest absolute Gasteiger partial charge is 0.506 e. The lowest BCUT2D eigenvalue weighted by Crippen LogP contribution is -2.52. The molecule has 1 aromatic carbocycles. The Morgan fingerprint density at radius 1 is 1.09 bits per heavy atom. The van der Waals surface area contributed by atoms with Gasteiger partial charge in [0.05, 0.1) is 6.20 Å². The first kappa shape index (κ1) is 20.0. The van der Waals surface area contributed by atoms with Gasteiger partial charge in [0.15, 0.2) is 5.82 Å². The van der Waals surface area contributed by atoms with E-state index in [1.165, 1.54) is 18.9 Å². The molecule has 1 aliphatic carbocycles. The van der Waals surface area contributed by atoms with Crippen molar-refractivity contribution in [1.82, 2.24) is 35.3 Å². The van der Waals surface area contributed by atoms with Crippen LogP contribution in [0.4, 0.5) is 10.3 Å². The van der Waals surface area contributed by atoms with Gasteiger partial charge in [-0.2, -0.15) is 5.10 Å². The predicted octanol–water partition coefficient (Wildman–Crippen LogP) is 2.52. The minimum Gasteiger partial charge on any atom is -0.506 e. The number of piperazine rings is 1. The molecule has 168 valence electrons. The van der Waals surface area contributed by atoms with Gasteiger partial charge in [0.2, 0.25) is 5.95 Å². The van der Waals surface area contributed by atoms with Crippen LogP contribution in [0, 0.1) is 11.7 Å². The molecular weight excluding hydrogens is 423 g/mol. The third-order valence-corrected chi connectivity index (χ3v) is 6.35. The molecule has 2 N–H and O–H groups in total. The van der Waals surface area contributed by atoms with Crippen molar-refractivity contribution in [3.8, 4) is 28.3 Å². The van der Waals surface area contributed by atoms with E-state index < -0.39 is 5.82 Å². The Bertz CT molecular complexity index is 1330. The van der Waals surface area contributed by atoms with Crippen LogP contribution >= 0.6 is 0 Å². The van der Waals surface area contributed by atoms with E-state index in [2.05, 4.69) is 35.5 Å². The van der Waals surface area contributed by atoms with E-state index in [1.807, 2.05) is 6.07 Å². The highest BCUT2D eigenvalue weighted by Crippen LogP contribution is 2.34. The van der Waals surface area contributed by atoms with Crippen LogP contribution in [0.2, 0.25) is 0 Å². The second kappa shape index (κ2) is 7.73. The molecule has 1 saturated heterocycles. The maximum atomic E-state index is 14.5. The number of rotatable bonds is 4. The standard InChI is InChI=1S/C23H23FN8O/c1-31-11-16-6-14(7-17(24)21(16)30-31)15-8-20(33)22(26-9-15)18-10-27-23(29-28-18)32-5-4-25-19(12-32)13-2-3-13/h6-11,13,19,25,33H,2-5,12H2,1H3/t19-/m1/s1. The van der Waals surface area contributed by atoms with Gasteiger partial charge in [0.1, 0.15) is 22.7 Å². The number of hydrogen-bond acceptors (Lipinski definition) is 8. The van der Waals surface area contributed by atoms with Crippen molar-refractivity contribution >= 4 is 16.9 Å². The molecule has 1 atom stereocenters. The van der Waals surface area contributed by atoms with Crippen molar-refractivity contribution < 1.29 is 9.50 Å². The fraction of sp³-hybridized carbons (Fsp3) is 0.348. The van der Waals surface area contributed by atoms with Crippen LogP contribution in [0.15, 0.2) is 36.8 Å². The second-order valence-corrected chi connectivity index (χ2v) is 8.78. The van der Waals surface area contributed by atoms with Gasteiger partial charge >= 0.3 is 0 Å². The predicted molar refractivity (Wildman–Crippen MR) is 121 cm³/mol. The highest BCUT2D eigenvalue weighted by atomic mass is 19.1. The number of nitrogens with one attached hydrogen (secondary N) is 1. The summed E-state index contributed by atoms with van der Waals surface area (Å²) in [5, 5.41) is 27.6. The normalized spacial score (nSPS) is 18.7. The number of hydrogen-bond donors (Lipinski definition) is 2. The monoisotopic (exact) mass is 446 g/mol. The van der Waals surface area contributed by atoms with Crippen LogP contribution in [-0.2, 0) is 7.05 Å². The van der Waals surface area contributed by atoms with Gasteiger partial charge in [0, 0.05) is 56.1 Å². The number of halogens is 1. The molecule has 0 amide bonds. The zero-order valence-electron chi connectivity index (χ0n) is 18.1. The maximum absolute atomic E-state index is 14.5. The molecule has 0 spiro atoms. The molecular formula is C23H23FN8O. The molecule has 33 heavy (non-hydrogen) atoms. The highest BCUT2D eigenvalue weighted by Gasteiger charge is 2.34. The molecule has 3 aromatic heterocycles. The zero-order valence-corrected chi connectivity index (χ0v) is 18.1. The van der Waals surface area contributed by atoms with Crippen LogP contribution in [0.25, 0.3) is 33.4 Å². The molecule has 1 saturated carbocycles. The van der Waals surface area contributed by atoms with Gasteiger partial charge in [-0.15, -0.1) is 10.2 Å². The van der Waals surface area contributed by atoms with Crippen LogP contribution < -0.4 is 10.2 Å². The summed E-state index contributed by atoms with van der Waals surface area (Å²) in [5.41, 5.74) is 2.16. The molecule has 2 fully saturated rings. The molecule has 4 heterocycles. The van der Waals surface area contributed by atoms with Gasteiger partial charge in [-0.1, -0.05) is 0 Å². The average Bonchev–Trinajstić information content (AvgIpc) is 3.60. The number of nitrogens with zero attached hydrogens (tertiary/aromatic N) is 7. The number of aryl methyl sites for hydroxylation is 1. The third-order valence-electron chi connectivity index (χ3n) is 6.35. The molecule has 2 aliphatic rings. The van der Waals surface area contributed by atoms with Gasteiger partial charge < -0.3 is 15.3 Å². The first-order chi connectivity index (χ1) is 16.0. The number of fused-ring (bicyclic) bond motifs is 1. The number of aromatic nitrogens is 6. The minimum atomic E-state index is -0.422. The molecule has 9 nitrogen and oxygen atoms in total. The Kier molecular flexibility index (Phi) is 4.68. The summed E-state index contributed by atoms with van der Waals surface area (Å²) >= 11 is 0. The number of pyridine rings is 1. The molecule has 6 rings (SSSR count). The van der Waals surface area contributed by atoms with Crippen molar-refractivity contribution in [2.45, 2.75) is 18.9 Å². The third kappa shape index (κ3) is 3.76. The lowest BCUT2D eigenvalue weighted by molar-refractivity contribution is 0.414. The minimum absolute atomic E-state index is 0.0704. The molecule has 0 radical (unpaired) electrons. The van der Waals surface area contributed by atoms with E-state index >= 15 is 0 Å². The van der Waals surface area contributed by atoms with Gasteiger partial charge in [0.25, 0.3) is 0 Å². The molecule has 0 unspecified atom stereocenters. The van der Waals surface area contributed by atoms with E-state index in [-0.39, 0.29) is 11.4 Å². The smallest absolute Gasteiger partial charge is 0.245 e. The van der Waals surface area contributed by atoms with Gasteiger partial charge in [-0.05, 0) is 42.5 Å². The van der Waals surface area contributed by atoms with Crippen molar-refractivity contribution in [3.63, 3.8) is 0 Å². The van der Waals surface area contributed by atoms with E-state index in [0.29, 0.717) is 39.7 Å². The summed E-state index contributed by atoms with van der Waals surface area (Å²) in [6.45, 7) is 2.61. The average molecular weight is 446 g/mol. The quantitative estimate of drug-likeness (QED) is 0.493. The lowest BCUT2D eigenvalue weighted by Gasteiger charge is -2.33. The molecule has 0 bridgehead atoms. The Hall–Kier alpha value is -3.66. The van der Waals surface area contributed by atoms with Crippen LogP contribution in [0.1, 0.15) is 12.8 Å². The van der Waals surface area contributed by atoms with Crippen LogP contribution in [0.5, 0.6) is 5.75 Å². The Morgan fingerprint density at radius 3 is 2.73 bits per heavy atom. The first-order valence-corrected chi connectivity index (χ1v) is 11.1. The van der Waals surface area contributed by atoms with Crippen molar-refractivity contribution in [1.29, 1.82) is 0 Å². The van der Waals surface area contributed by atoms with Crippen molar-refractivity contribution in [2.75, 3.05) is 24.5 Å². The van der Waals surface area contributed by atoms with E-state index in [0.717, 1.165) is 25.6 Å². The van der Waals surface area contributed by atoms with E-state index in [4.69, 9.17) is 0 Å². The summed E-state index contributed by atoms with van der Waals surface area (Å²) in [7, 11) is 1.75. The fourth-order valence-electron chi connectivity index (χ4n) is 4.48. The van der Waals surface area contributed by atoms with Crippen molar-refractivity contribution in [3.05, 3.63) is 42.6 Å². The SMILES string of the molecule is Cn1cc2cc(-c3cnc(-c4cnc(N5CCN[C@@H](C6CC6)C5)nn4)c(O)c3)cc(F)c2n1. The molecule has 4 aromatic rings. The molecule has 1 aliphatic heterocycles. The maximum Gasteiger partial charge on any atom is 0.245 e. The number of aromatic hydroxyl groups is 1. The van der Waals surface area contributed by atoms with Crippen LogP contribution in [-0.4, -0.2) is 60.7 Å². The van der Waals surface area contributed by atoms with E-state index in [9.17, 15) is 9.50 Å². The fourth-order valence-corrected chi connectivity index (χ4v) is 4.48. The number of benzene rings is 1. The van der Waals surface area contributed by atoms with Crippen LogP contribution in [0.3, 0.4) is 0 Å². The topological polar surface area (TPSA) is 105 Å². The summed E-state index contributed by atoms with van der Waals surface area (Å²) in [5.74, 6) is 0.850. The van der Waals surface area contributed by atoms with E-state index in [1.54, 1.807) is 36.4 Å². The summed E-state index contributed by atoms with van der Waals surface area (Å²) in [4.78, 5) is 11.0. The lowest BCUT2D eigenvalue weighted by atomic mass is 10.0. The first-order valence-electron chi connectivity index (χ1n) is 11.1. The second-order valence-electron chi connectivity index (χ2n) is 8.78. The Morgan fingerprint density at radius 2 is 1.97 bits per heavy atom. The van der Waals surface area contributed by atoms with Gasteiger partial charge in [-0.25, -0.2) is 14.4 Å². The van der Waals surface area contributed by atoms with Gasteiger partial charge in [-0.3, -0.25) is 4.68 Å². The molecule has 10 heteroatoms.